The van der Waals surface area contributed by atoms with Gasteiger partial charge in [0.2, 0.25) is 0 Å². The third kappa shape index (κ3) is 2.40. The fourth-order valence-corrected chi connectivity index (χ4v) is 2.10. The van der Waals surface area contributed by atoms with Crippen molar-refractivity contribution >= 4 is 6.03 Å². The zero-order chi connectivity index (χ0) is 10.8. The molecule has 1 aliphatic rings. The van der Waals surface area contributed by atoms with Gasteiger partial charge in [-0.25, -0.2) is 4.79 Å². The smallest absolute Gasteiger partial charge is 0.314 e. The number of nitrogens with zero attached hydrogens (tertiary/aromatic N) is 1. The average Bonchev–Trinajstić information content (AvgIpc) is 2.18. The molecule has 1 fully saturated rings. The van der Waals surface area contributed by atoms with E-state index in [1.165, 1.54) is 6.42 Å². The molecule has 0 radical (unpaired) electrons. The molecule has 2 amide bonds. The summed E-state index contributed by atoms with van der Waals surface area (Å²) in [5, 5.41) is 0. The van der Waals surface area contributed by atoms with Gasteiger partial charge in [-0.15, -0.1) is 0 Å². The number of urea groups is 1. The van der Waals surface area contributed by atoms with Gasteiger partial charge < -0.3 is 10.6 Å². The third-order valence-electron chi connectivity index (χ3n) is 3.75. The van der Waals surface area contributed by atoms with Crippen molar-refractivity contribution in [1.29, 1.82) is 0 Å². The molecule has 3 nitrogen and oxygen atoms in total. The van der Waals surface area contributed by atoms with E-state index < -0.39 is 0 Å². The molecule has 0 spiro atoms. The molecule has 0 bridgehead atoms. The lowest BCUT2D eigenvalue weighted by Gasteiger charge is -2.40. The maximum absolute atomic E-state index is 11.1. The van der Waals surface area contributed by atoms with Gasteiger partial charge in [-0.05, 0) is 24.2 Å². The van der Waals surface area contributed by atoms with Crippen LogP contribution in [-0.2, 0) is 0 Å². The van der Waals surface area contributed by atoms with Crippen molar-refractivity contribution in [1.82, 2.24) is 4.90 Å². The molecule has 1 heterocycles. The maximum Gasteiger partial charge on any atom is 0.314 e. The van der Waals surface area contributed by atoms with Crippen molar-refractivity contribution in [3.05, 3.63) is 0 Å². The molecule has 3 heteroatoms. The zero-order valence-corrected chi connectivity index (χ0v) is 9.55. The molecular weight excluding hydrogens is 176 g/mol. The quantitative estimate of drug-likeness (QED) is 0.726. The molecule has 0 aliphatic carbocycles. The molecule has 14 heavy (non-hydrogen) atoms. The topological polar surface area (TPSA) is 46.3 Å². The molecule has 1 rings (SSSR count). The Labute approximate surface area is 86.6 Å². The normalized spacial score (nSPS) is 23.6. The first-order valence-corrected chi connectivity index (χ1v) is 5.51. The summed E-state index contributed by atoms with van der Waals surface area (Å²) in [5.41, 5.74) is 5.63. The van der Waals surface area contributed by atoms with Crippen LogP contribution in [0.4, 0.5) is 4.79 Å². The third-order valence-corrected chi connectivity index (χ3v) is 3.75. The molecule has 1 saturated heterocycles. The Kier molecular flexibility index (Phi) is 3.40. The summed E-state index contributed by atoms with van der Waals surface area (Å²) in [6.45, 7) is 8.45. The second-order valence-electron chi connectivity index (χ2n) is 4.97. The molecule has 0 aromatic rings. The highest BCUT2D eigenvalue weighted by atomic mass is 16.2. The number of likely N-dealkylation sites (tertiary alicyclic amines) is 1. The lowest BCUT2D eigenvalue weighted by atomic mass is 9.73. The van der Waals surface area contributed by atoms with Crippen LogP contribution in [0.5, 0.6) is 0 Å². The number of amides is 2. The lowest BCUT2D eigenvalue weighted by molar-refractivity contribution is 0.102. The monoisotopic (exact) mass is 198 g/mol. The van der Waals surface area contributed by atoms with Gasteiger partial charge in [0.1, 0.15) is 0 Å². The van der Waals surface area contributed by atoms with Crippen LogP contribution in [0.1, 0.15) is 40.0 Å². The summed E-state index contributed by atoms with van der Waals surface area (Å²) in [5.74, 6) is 0.605. The van der Waals surface area contributed by atoms with Crippen LogP contribution in [0.2, 0.25) is 0 Å². The molecule has 0 saturated carbocycles. The fourth-order valence-electron chi connectivity index (χ4n) is 2.10. The first kappa shape index (κ1) is 11.3. The summed E-state index contributed by atoms with van der Waals surface area (Å²) in [7, 11) is 0. The first-order valence-electron chi connectivity index (χ1n) is 5.51. The van der Waals surface area contributed by atoms with Gasteiger partial charge >= 0.3 is 6.03 Å². The number of rotatable bonds is 2. The van der Waals surface area contributed by atoms with Gasteiger partial charge in [0.05, 0.1) is 0 Å². The molecule has 82 valence electrons. The predicted molar refractivity (Wildman–Crippen MR) is 58.0 cm³/mol. The molecule has 1 unspecified atom stereocenters. The summed E-state index contributed by atoms with van der Waals surface area (Å²) >= 11 is 0. The van der Waals surface area contributed by atoms with E-state index in [-0.39, 0.29) is 6.03 Å². The second-order valence-corrected chi connectivity index (χ2v) is 4.97. The van der Waals surface area contributed by atoms with Crippen molar-refractivity contribution in [3.8, 4) is 0 Å². The molecular formula is C11H22N2O. The molecule has 1 atom stereocenters. The highest BCUT2D eigenvalue weighted by molar-refractivity contribution is 5.72. The Bertz CT molecular complexity index is 213. The van der Waals surface area contributed by atoms with Crippen molar-refractivity contribution in [2.45, 2.75) is 40.0 Å². The Hall–Kier alpha value is -0.730. The van der Waals surface area contributed by atoms with Crippen molar-refractivity contribution in [2.24, 2.45) is 17.1 Å². The first-order chi connectivity index (χ1) is 6.47. The van der Waals surface area contributed by atoms with E-state index in [2.05, 4.69) is 20.8 Å². The Morgan fingerprint density at radius 3 is 2.71 bits per heavy atom. The minimum Gasteiger partial charge on any atom is -0.351 e. The van der Waals surface area contributed by atoms with E-state index >= 15 is 0 Å². The second kappa shape index (κ2) is 4.20. The largest absolute Gasteiger partial charge is 0.351 e. The highest BCUT2D eigenvalue weighted by Crippen LogP contribution is 2.36. The lowest BCUT2D eigenvalue weighted by Crippen LogP contribution is -2.46. The number of carbonyl (C=O) groups excluding carboxylic acids is 1. The van der Waals surface area contributed by atoms with E-state index in [0.29, 0.717) is 11.3 Å². The molecule has 0 aromatic carbocycles. The van der Waals surface area contributed by atoms with Gasteiger partial charge in [-0.3, -0.25) is 0 Å². The molecule has 2 N–H and O–H groups in total. The van der Waals surface area contributed by atoms with Gasteiger partial charge in [-0.2, -0.15) is 0 Å². The summed E-state index contributed by atoms with van der Waals surface area (Å²) in [6.07, 6.45) is 3.48. The van der Waals surface area contributed by atoms with Gasteiger partial charge in [-0.1, -0.05) is 27.2 Å². The predicted octanol–water partition coefficient (Wildman–Crippen LogP) is 2.21. The summed E-state index contributed by atoms with van der Waals surface area (Å²) in [4.78, 5) is 12.8. The Morgan fingerprint density at radius 2 is 2.21 bits per heavy atom. The van der Waals surface area contributed by atoms with Crippen LogP contribution in [0.25, 0.3) is 0 Å². The number of hydrogen-bond acceptors (Lipinski definition) is 1. The van der Waals surface area contributed by atoms with Gasteiger partial charge in [0, 0.05) is 13.1 Å². The maximum atomic E-state index is 11.1. The van der Waals surface area contributed by atoms with Crippen molar-refractivity contribution in [2.75, 3.05) is 13.1 Å². The van der Waals surface area contributed by atoms with E-state index in [1.54, 1.807) is 4.90 Å². The summed E-state index contributed by atoms with van der Waals surface area (Å²) in [6, 6.07) is -0.262. The number of nitrogens with two attached hydrogens (primary N) is 1. The standard InChI is InChI=1S/C11H22N2O/c1-4-11(2,3)9-6-5-7-13(8-9)10(12)14/h9H,4-8H2,1-3H3,(H2,12,14). The van der Waals surface area contributed by atoms with E-state index in [0.717, 1.165) is 25.9 Å². The van der Waals surface area contributed by atoms with Crippen LogP contribution in [0.15, 0.2) is 0 Å². The molecule has 0 aromatic heterocycles. The van der Waals surface area contributed by atoms with Crippen LogP contribution >= 0.6 is 0 Å². The van der Waals surface area contributed by atoms with Crippen LogP contribution in [0.3, 0.4) is 0 Å². The minimum atomic E-state index is -0.262. The van der Waals surface area contributed by atoms with Crippen LogP contribution in [-0.4, -0.2) is 24.0 Å². The van der Waals surface area contributed by atoms with E-state index in [9.17, 15) is 4.79 Å². The fraction of sp³-hybridized carbons (Fsp3) is 0.909. The Balaban J connectivity index is 2.60. The number of piperidine rings is 1. The number of carbonyl (C=O) groups is 1. The number of primary amides is 1. The van der Waals surface area contributed by atoms with Crippen LogP contribution in [0, 0.1) is 11.3 Å². The average molecular weight is 198 g/mol. The van der Waals surface area contributed by atoms with Crippen molar-refractivity contribution in [3.63, 3.8) is 0 Å². The number of hydrogen-bond donors (Lipinski definition) is 1. The zero-order valence-electron chi connectivity index (χ0n) is 9.55. The van der Waals surface area contributed by atoms with E-state index in [1.807, 2.05) is 0 Å². The van der Waals surface area contributed by atoms with Crippen LogP contribution < -0.4 is 5.73 Å². The van der Waals surface area contributed by atoms with E-state index in [4.69, 9.17) is 5.73 Å². The Morgan fingerprint density at radius 1 is 1.57 bits per heavy atom. The van der Waals surface area contributed by atoms with Crippen molar-refractivity contribution < 1.29 is 4.79 Å². The highest BCUT2D eigenvalue weighted by Gasteiger charge is 2.32. The van der Waals surface area contributed by atoms with Gasteiger partial charge in [0.15, 0.2) is 0 Å². The van der Waals surface area contributed by atoms with Gasteiger partial charge in [0.25, 0.3) is 0 Å². The molecule has 1 aliphatic heterocycles. The minimum absolute atomic E-state index is 0.262. The SMILES string of the molecule is CCC(C)(C)C1CCCN(C(N)=O)C1. The summed E-state index contributed by atoms with van der Waals surface area (Å²) < 4.78 is 0.